The molecule has 2 aromatic carbocycles. The molecule has 0 aliphatic heterocycles. The van der Waals surface area contributed by atoms with E-state index in [1.807, 2.05) is 24.3 Å². The molecule has 3 atom stereocenters. The molecule has 2 aromatic rings. The monoisotopic (exact) mass is 462 g/mol. The molecule has 0 bridgehead atoms. The fraction of sp³-hybridized carbons (Fsp3) is 0.444. The molecule has 3 aliphatic carbocycles. The number of alkyl carbamates (subject to hydrolysis) is 1. The molecule has 2 fully saturated rings. The Hall–Kier alpha value is -3.35. The van der Waals surface area contributed by atoms with Gasteiger partial charge in [0, 0.05) is 17.9 Å². The van der Waals surface area contributed by atoms with Crippen molar-refractivity contribution in [1.82, 2.24) is 10.6 Å². The Morgan fingerprint density at radius 3 is 2.18 bits per heavy atom. The first-order valence-electron chi connectivity index (χ1n) is 12.2. The molecule has 0 radical (unpaired) electrons. The molecule has 1 unspecified atom stereocenters. The fourth-order valence-electron chi connectivity index (χ4n) is 5.58. The highest BCUT2D eigenvalue weighted by molar-refractivity contribution is 5.85. The van der Waals surface area contributed by atoms with Crippen molar-refractivity contribution in [2.24, 2.45) is 11.8 Å². The molecule has 0 saturated heterocycles. The highest BCUT2D eigenvalue weighted by Gasteiger charge is 2.37. The lowest BCUT2D eigenvalue weighted by molar-refractivity contribution is -0.145. The Bertz CT molecular complexity index is 1050. The molecule has 5 rings (SSSR count). The van der Waals surface area contributed by atoms with Gasteiger partial charge in [-0.3, -0.25) is 4.79 Å². The zero-order valence-corrected chi connectivity index (χ0v) is 19.0. The second kappa shape index (κ2) is 9.49. The average molecular weight is 463 g/mol. The van der Waals surface area contributed by atoms with E-state index in [-0.39, 0.29) is 36.3 Å². The largest absolute Gasteiger partial charge is 0.480 e. The van der Waals surface area contributed by atoms with Crippen LogP contribution in [-0.2, 0) is 14.3 Å². The number of carbonyl (C=O) groups is 3. The summed E-state index contributed by atoms with van der Waals surface area (Å²) in [4.78, 5) is 36.7. The number of hydrogen-bond donors (Lipinski definition) is 3. The van der Waals surface area contributed by atoms with Gasteiger partial charge in [-0.15, -0.1) is 0 Å². The summed E-state index contributed by atoms with van der Waals surface area (Å²) in [5.74, 6) is -1.46. The van der Waals surface area contributed by atoms with Crippen LogP contribution in [-0.4, -0.2) is 41.8 Å². The molecule has 3 aliphatic rings. The van der Waals surface area contributed by atoms with E-state index in [1.165, 1.54) is 11.1 Å². The Labute approximate surface area is 198 Å². The molecular formula is C27H30N2O5. The summed E-state index contributed by atoms with van der Waals surface area (Å²) in [5.41, 5.74) is 4.68. The van der Waals surface area contributed by atoms with Gasteiger partial charge in [-0.2, -0.15) is 0 Å². The van der Waals surface area contributed by atoms with Gasteiger partial charge in [0.2, 0.25) is 5.91 Å². The number of carbonyl (C=O) groups excluding carboxylic acids is 2. The molecule has 3 N–H and O–H groups in total. The van der Waals surface area contributed by atoms with E-state index in [0.717, 1.165) is 30.4 Å². The van der Waals surface area contributed by atoms with Crippen LogP contribution in [0.15, 0.2) is 48.5 Å². The third-order valence-electron chi connectivity index (χ3n) is 7.65. The normalized spacial score (nSPS) is 22.2. The number of carboxylic acids is 1. The molecule has 34 heavy (non-hydrogen) atoms. The van der Waals surface area contributed by atoms with Gasteiger partial charge in [0.25, 0.3) is 0 Å². The van der Waals surface area contributed by atoms with Crippen LogP contribution in [0.4, 0.5) is 4.79 Å². The second-order valence-corrected chi connectivity index (χ2v) is 9.69. The molecule has 0 spiro atoms. The number of aliphatic carboxylic acids is 1. The van der Waals surface area contributed by atoms with Gasteiger partial charge in [-0.25, -0.2) is 9.59 Å². The average Bonchev–Trinajstić information content (AvgIpc) is 3.39. The summed E-state index contributed by atoms with van der Waals surface area (Å²) >= 11 is 0. The number of carboxylic acid groups (broad SMARTS) is 1. The van der Waals surface area contributed by atoms with Gasteiger partial charge in [0.1, 0.15) is 12.6 Å². The summed E-state index contributed by atoms with van der Waals surface area (Å²) in [5, 5.41) is 15.1. The maximum absolute atomic E-state index is 12.7. The fourth-order valence-corrected chi connectivity index (χ4v) is 5.58. The van der Waals surface area contributed by atoms with Crippen molar-refractivity contribution >= 4 is 18.0 Å². The molecule has 0 aromatic heterocycles. The van der Waals surface area contributed by atoms with Crippen LogP contribution in [0, 0.1) is 11.8 Å². The van der Waals surface area contributed by atoms with E-state index in [0.29, 0.717) is 19.3 Å². The highest BCUT2D eigenvalue weighted by Crippen LogP contribution is 2.44. The van der Waals surface area contributed by atoms with Crippen LogP contribution in [0.2, 0.25) is 0 Å². The minimum absolute atomic E-state index is 0.000267. The summed E-state index contributed by atoms with van der Waals surface area (Å²) in [6, 6.07) is 15.4. The smallest absolute Gasteiger partial charge is 0.407 e. The quantitative estimate of drug-likeness (QED) is 0.576. The lowest BCUT2D eigenvalue weighted by atomic mass is 9.79. The van der Waals surface area contributed by atoms with Crippen LogP contribution in [0.5, 0.6) is 0 Å². The maximum atomic E-state index is 12.7. The molecule has 178 valence electrons. The van der Waals surface area contributed by atoms with Gasteiger partial charge >= 0.3 is 12.1 Å². The summed E-state index contributed by atoms with van der Waals surface area (Å²) in [6.07, 6.45) is 4.00. The number of ether oxygens (including phenoxy) is 1. The van der Waals surface area contributed by atoms with E-state index in [2.05, 4.69) is 34.9 Å². The van der Waals surface area contributed by atoms with Crippen molar-refractivity contribution in [2.45, 2.75) is 56.5 Å². The first-order valence-corrected chi connectivity index (χ1v) is 12.2. The van der Waals surface area contributed by atoms with Gasteiger partial charge in [-0.05, 0) is 60.3 Å². The third kappa shape index (κ3) is 4.39. The first kappa shape index (κ1) is 22.4. The Morgan fingerprint density at radius 1 is 0.941 bits per heavy atom. The number of nitrogens with one attached hydrogen (secondary N) is 2. The SMILES string of the molecule is O=C(N[C@@H]1CC[C@H](C(=O)NC(C(=O)O)C2CCC2)C1)OCC1c2ccccc2-c2ccccc21. The lowest BCUT2D eigenvalue weighted by Gasteiger charge is -2.32. The number of benzene rings is 2. The van der Waals surface area contributed by atoms with Crippen LogP contribution < -0.4 is 10.6 Å². The van der Waals surface area contributed by atoms with Gasteiger partial charge in [0.05, 0.1) is 0 Å². The second-order valence-electron chi connectivity index (χ2n) is 9.69. The zero-order valence-electron chi connectivity index (χ0n) is 19.0. The summed E-state index contributed by atoms with van der Waals surface area (Å²) in [6.45, 7) is 0.248. The van der Waals surface area contributed by atoms with Crippen molar-refractivity contribution < 1.29 is 24.2 Å². The predicted octanol–water partition coefficient (Wildman–Crippen LogP) is 4.06. The van der Waals surface area contributed by atoms with Crippen molar-refractivity contribution in [1.29, 1.82) is 0 Å². The Morgan fingerprint density at radius 2 is 1.59 bits per heavy atom. The minimum atomic E-state index is -0.968. The van der Waals surface area contributed by atoms with Crippen molar-refractivity contribution in [2.75, 3.05) is 6.61 Å². The van der Waals surface area contributed by atoms with Crippen LogP contribution in [0.1, 0.15) is 55.6 Å². The Balaban J connectivity index is 1.13. The van der Waals surface area contributed by atoms with E-state index in [9.17, 15) is 19.5 Å². The first-order chi connectivity index (χ1) is 16.5. The van der Waals surface area contributed by atoms with E-state index < -0.39 is 18.1 Å². The zero-order chi connectivity index (χ0) is 23.7. The number of amides is 2. The molecule has 7 heteroatoms. The topological polar surface area (TPSA) is 105 Å². The Kier molecular flexibility index (Phi) is 6.26. The minimum Gasteiger partial charge on any atom is -0.480 e. The molecule has 0 heterocycles. The molecule has 2 amide bonds. The van der Waals surface area contributed by atoms with Crippen LogP contribution in [0.25, 0.3) is 11.1 Å². The molecule has 2 saturated carbocycles. The summed E-state index contributed by atoms with van der Waals surface area (Å²) < 4.78 is 5.62. The van der Waals surface area contributed by atoms with E-state index in [4.69, 9.17) is 4.74 Å². The number of fused-ring (bicyclic) bond motifs is 3. The standard InChI is InChI=1S/C27H30N2O5/c30-25(29-24(26(31)32)16-6-5-7-16)17-12-13-18(14-17)28-27(33)34-15-23-21-10-3-1-8-19(21)20-9-2-4-11-22(20)23/h1-4,8-11,16-18,23-24H,5-7,12-15H2,(H,28,33)(H,29,30)(H,31,32)/t17-,18+,24?/m0/s1. The lowest BCUT2D eigenvalue weighted by Crippen LogP contribution is -2.49. The number of rotatable bonds is 7. The van der Waals surface area contributed by atoms with Crippen molar-refractivity contribution in [3.05, 3.63) is 59.7 Å². The van der Waals surface area contributed by atoms with Crippen LogP contribution in [0.3, 0.4) is 0 Å². The summed E-state index contributed by atoms with van der Waals surface area (Å²) in [7, 11) is 0. The van der Waals surface area contributed by atoms with Crippen molar-refractivity contribution in [3.8, 4) is 11.1 Å². The van der Waals surface area contributed by atoms with Gasteiger partial charge < -0.3 is 20.5 Å². The predicted molar refractivity (Wildman–Crippen MR) is 126 cm³/mol. The van der Waals surface area contributed by atoms with E-state index >= 15 is 0 Å². The van der Waals surface area contributed by atoms with Crippen LogP contribution >= 0.6 is 0 Å². The van der Waals surface area contributed by atoms with Gasteiger partial charge in [-0.1, -0.05) is 55.0 Å². The number of hydrogen-bond acceptors (Lipinski definition) is 4. The maximum Gasteiger partial charge on any atom is 0.407 e. The van der Waals surface area contributed by atoms with Gasteiger partial charge in [0.15, 0.2) is 0 Å². The third-order valence-corrected chi connectivity index (χ3v) is 7.65. The molecule has 7 nitrogen and oxygen atoms in total. The molecular weight excluding hydrogens is 432 g/mol. The highest BCUT2D eigenvalue weighted by atomic mass is 16.5. The van der Waals surface area contributed by atoms with E-state index in [1.54, 1.807) is 0 Å². The van der Waals surface area contributed by atoms with Crippen molar-refractivity contribution in [3.63, 3.8) is 0 Å².